The number of hydrogen-bond donors (Lipinski definition) is 2. The molecular weight excluding hydrogens is 476 g/mol. The van der Waals surface area contributed by atoms with Gasteiger partial charge in [-0.25, -0.2) is 0 Å². The third-order valence-electron chi connectivity index (χ3n) is 7.80. The molecule has 0 saturated carbocycles. The molecule has 1 saturated heterocycles. The van der Waals surface area contributed by atoms with Gasteiger partial charge in [-0.3, -0.25) is 9.79 Å². The summed E-state index contributed by atoms with van der Waals surface area (Å²) in [6.45, 7) is 4.75. The van der Waals surface area contributed by atoms with Gasteiger partial charge in [0.2, 0.25) is 0 Å². The Hall–Kier alpha value is -3.84. The predicted octanol–water partition coefficient (Wildman–Crippen LogP) is 5.07. The van der Waals surface area contributed by atoms with Gasteiger partial charge in [0.25, 0.3) is 0 Å². The molecule has 3 aliphatic rings. The van der Waals surface area contributed by atoms with E-state index in [2.05, 4.69) is 70.7 Å². The smallest absolute Gasteiger partial charge is 0.303 e. The molecule has 0 radical (unpaired) electrons. The fourth-order valence-electron chi connectivity index (χ4n) is 5.59. The number of aliphatic carboxylic acids is 1. The average Bonchev–Trinajstić information content (AvgIpc) is 3.55. The number of hydrogen-bond acceptors (Lipinski definition) is 6. The number of likely N-dealkylation sites (N-methyl/N-ethyl adjacent to an activating group) is 1. The van der Waals surface area contributed by atoms with Crippen molar-refractivity contribution in [1.82, 2.24) is 4.90 Å². The number of nitrogens with one attached hydrogen (secondary N) is 1. The van der Waals surface area contributed by atoms with Gasteiger partial charge >= 0.3 is 5.97 Å². The van der Waals surface area contributed by atoms with Crippen LogP contribution in [0.4, 0.5) is 17.1 Å². The number of anilines is 2. The topological polar surface area (TPSA) is 77.4 Å². The zero-order chi connectivity index (χ0) is 26.1. The molecular formula is C31H34N4O3. The number of ether oxygens (including phenoxy) is 1. The molecule has 3 aliphatic heterocycles. The Morgan fingerprint density at radius 3 is 2.76 bits per heavy atom. The zero-order valence-electron chi connectivity index (χ0n) is 21.8. The van der Waals surface area contributed by atoms with Gasteiger partial charge < -0.3 is 25.0 Å². The van der Waals surface area contributed by atoms with Crippen LogP contribution in [0, 0.1) is 0 Å². The van der Waals surface area contributed by atoms with E-state index >= 15 is 0 Å². The van der Waals surface area contributed by atoms with Crippen molar-refractivity contribution in [2.45, 2.75) is 31.7 Å². The summed E-state index contributed by atoms with van der Waals surface area (Å²) in [6.07, 6.45) is 2.39. The summed E-state index contributed by atoms with van der Waals surface area (Å²) in [5.74, 6) is -0.0159. The lowest BCUT2D eigenvalue weighted by Crippen LogP contribution is -2.44. The Balaban J connectivity index is 1.11. The van der Waals surface area contributed by atoms with Gasteiger partial charge in [-0.1, -0.05) is 18.2 Å². The lowest BCUT2D eigenvalue weighted by molar-refractivity contribution is -0.137. The number of nitrogens with zero attached hydrogens (tertiary/aromatic N) is 3. The van der Waals surface area contributed by atoms with Gasteiger partial charge in [0.05, 0.1) is 24.0 Å². The Morgan fingerprint density at radius 2 is 1.92 bits per heavy atom. The Labute approximate surface area is 223 Å². The number of carbonyl (C=O) groups is 1. The Morgan fingerprint density at radius 1 is 1.05 bits per heavy atom. The van der Waals surface area contributed by atoms with Crippen LogP contribution < -0.4 is 15.0 Å². The summed E-state index contributed by atoms with van der Waals surface area (Å²) in [5, 5.41) is 12.5. The molecule has 0 bridgehead atoms. The molecule has 1 unspecified atom stereocenters. The van der Waals surface area contributed by atoms with Gasteiger partial charge in [-0.05, 0) is 84.6 Å². The van der Waals surface area contributed by atoms with Crippen LogP contribution in [0.3, 0.4) is 0 Å². The molecule has 1 fully saturated rings. The van der Waals surface area contributed by atoms with Crippen molar-refractivity contribution in [3.63, 3.8) is 0 Å². The molecule has 1 atom stereocenters. The van der Waals surface area contributed by atoms with E-state index in [-0.39, 0.29) is 12.5 Å². The second-order valence-electron chi connectivity index (χ2n) is 10.5. The summed E-state index contributed by atoms with van der Waals surface area (Å²) >= 11 is 0. The van der Waals surface area contributed by atoms with E-state index in [9.17, 15) is 4.79 Å². The first-order valence-corrected chi connectivity index (χ1v) is 13.5. The number of carboxylic acid groups (broad SMARTS) is 1. The first-order chi connectivity index (χ1) is 18.5. The summed E-state index contributed by atoms with van der Waals surface area (Å²) in [6, 6.07) is 21.7. The van der Waals surface area contributed by atoms with Gasteiger partial charge in [0, 0.05) is 50.4 Å². The number of piperazine rings is 1. The zero-order valence-corrected chi connectivity index (χ0v) is 21.8. The molecule has 0 aliphatic carbocycles. The van der Waals surface area contributed by atoms with E-state index in [1.54, 1.807) is 0 Å². The van der Waals surface area contributed by atoms with E-state index in [1.807, 2.05) is 12.1 Å². The third-order valence-corrected chi connectivity index (χ3v) is 7.80. The fourth-order valence-corrected chi connectivity index (χ4v) is 5.59. The van der Waals surface area contributed by atoms with Crippen molar-refractivity contribution in [3.8, 4) is 5.75 Å². The van der Waals surface area contributed by atoms with E-state index in [1.165, 1.54) is 33.6 Å². The summed E-state index contributed by atoms with van der Waals surface area (Å²) in [7, 11) is 2.19. The van der Waals surface area contributed by atoms with Gasteiger partial charge in [-0.2, -0.15) is 0 Å². The quantitative estimate of drug-likeness (QED) is 0.412. The highest BCUT2D eigenvalue weighted by atomic mass is 16.5. The van der Waals surface area contributed by atoms with Crippen molar-refractivity contribution in [2.75, 3.05) is 50.1 Å². The minimum Gasteiger partial charge on any atom is -0.494 e. The maximum absolute atomic E-state index is 10.7. The maximum Gasteiger partial charge on any atom is 0.303 e. The lowest BCUT2D eigenvalue weighted by Gasteiger charge is -2.34. The van der Waals surface area contributed by atoms with Crippen molar-refractivity contribution < 1.29 is 14.6 Å². The minimum absolute atomic E-state index is 0.120. The van der Waals surface area contributed by atoms with E-state index in [0.29, 0.717) is 13.0 Å². The number of benzene rings is 3. The van der Waals surface area contributed by atoms with E-state index in [0.717, 1.165) is 56.2 Å². The van der Waals surface area contributed by atoms with E-state index in [4.69, 9.17) is 14.8 Å². The van der Waals surface area contributed by atoms with Crippen molar-refractivity contribution in [2.24, 2.45) is 4.99 Å². The molecule has 0 amide bonds. The van der Waals surface area contributed by atoms with Crippen LogP contribution in [0.1, 0.15) is 41.1 Å². The molecule has 2 N–H and O–H groups in total. The number of aliphatic imine (C=N–C) groups is 1. The van der Waals surface area contributed by atoms with Crippen LogP contribution in [-0.4, -0.2) is 61.5 Å². The first-order valence-electron chi connectivity index (χ1n) is 13.5. The maximum atomic E-state index is 10.7. The normalized spacial score (nSPS) is 18.5. The molecule has 3 heterocycles. The average molecular weight is 511 g/mol. The third kappa shape index (κ3) is 5.24. The Kier molecular flexibility index (Phi) is 6.77. The minimum atomic E-state index is -0.794. The van der Waals surface area contributed by atoms with Crippen LogP contribution >= 0.6 is 0 Å². The van der Waals surface area contributed by atoms with Gasteiger partial charge in [0.15, 0.2) is 0 Å². The van der Waals surface area contributed by atoms with Crippen molar-refractivity contribution >= 4 is 28.7 Å². The lowest BCUT2D eigenvalue weighted by atomic mass is 9.98. The standard InChI is InChI=1S/C31H34N4O3/c1-34-11-13-35(14-12-34)25-8-10-28-24(17-25)20-30(33-28)22-7-9-27-23(16-22)19-29(32-27)21-4-2-5-26(18-21)38-15-3-6-31(36)37/h2,4-5,7-10,16-18,29,32H,3,6,11-15,19-20H2,1H3,(H,36,37). The highest BCUT2D eigenvalue weighted by Crippen LogP contribution is 2.38. The second-order valence-corrected chi connectivity index (χ2v) is 10.5. The highest BCUT2D eigenvalue weighted by Gasteiger charge is 2.25. The first kappa shape index (κ1) is 24.5. The monoisotopic (exact) mass is 510 g/mol. The Bertz CT molecular complexity index is 1380. The van der Waals surface area contributed by atoms with Gasteiger partial charge in [0.1, 0.15) is 5.75 Å². The number of carboxylic acids is 1. The van der Waals surface area contributed by atoms with Crippen LogP contribution in [0.25, 0.3) is 0 Å². The van der Waals surface area contributed by atoms with Crippen LogP contribution in [0.15, 0.2) is 65.7 Å². The summed E-state index contributed by atoms with van der Waals surface area (Å²) in [4.78, 5) is 20.6. The van der Waals surface area contributed by atoms with Gasteiger partial charge in [-0.15, -0.1) is 0 Å². The summed E-state index contributed by atoms with van der Waals surface area (Å²) < 4.78 is 5.79. The van der Waals surface area contributed by atoms with Crippen LogP contribution in [0.5, 0.6) is 5.75 Å². The number of fused-ring (bicyclic) bond motifs is 2. The fraction of sp³-hybridized carbons (Fsp3) is 0.355. The molecule has 0 spiro atoms. The largest absolute Gasteiger partial charge is 0.494 e. The molecule has 0 aromatic heterocycles. The second kappa shape index (κ2) is 10.5. The molecule has 7 heteroatoms. The number of rotatable bonds is 8. The molecule has 38 heavy (non-hydrogen) atoms. The van der Waals surface area contributed by atoms with Crippen LogP contribution in [-0.2, 0) is 17.6 Å². The molecule has 6 rings (SSSR count). The molecule has 3 aromatic carbocycles. The molecule has 7 nitrogen and oxygen atoms in total. The van der Waals surface area contributed by atoms with Crippen molar-refractivity contribution in [3.05, 3.63) is 82.9 Å². The van der Waals surface area contributed by atoms with Crippen molar-refractivity contribution in [1.29, 1.82) is 0 Å². The van der Waals surface area contributed by atoms with E-state index < -0.39 is 5.97 Å². The predicted molar refractivity (Wildman–Crippen MR) is 151 cm³/mol. The highest BCUT2D eigenvalue weighted by molar-refractivity contribution is 6.07. The SMILES string of the molecule is CN1CCN(c2ccc3c(c2)CC(c2ccc4c(c2)CC(c2cccc(OCCCC(=O)O)c2)N4)=N3)CC1. The van der Waals surface area contributed by atoms with Crippen LogP contribution in [0.2, 0.25) is 0 Å². The molecule has 196 valence electrons. The molecule has 3 aromatic rings. The summed E-state index contributed by atoms with van der Waals surface area (Å²) in [5.41, 5.74) is 9.68.